The first-order chi connectivity index (χ1) is 8.95. The SMILES string of the molecule is NS(=O)(=O)c1ccc(CNC(=O)Cc2ccsc2)s1. The van der Waals surface area contributed by atoms with Crippen LogP contribution in [0.15, 0.2) is 33.2 Å². The molecule has 5 nitrogen and oxygen atoms in total. The highest BCUT2D eigenvalue weighted by Crippen LogP contribution is 2.20. The lowest BCUT2D eigenvalue weighted by Crippen LogP contribution is -2.23. The van der Waals surface area contributed by atoms with Crippen LogP contribution in [0.2, 0.25) is 0 Å². The predicted molar refractivity (Wildman–Crippen MR) is 75.6 cm³/mol. The minimum Gasteiger partial charge on any atom is -0.351 e. The second kappa shape index (κ2) is 5.83. The van der Waals surface area contributed by atoms with Gasteiger partial charge in [0.2, 0.25) is 15.9 Å². The highest BCUT2D eigenvalue weighted by molar-refractivity contribution is 7.91. The average molecular weight is 316 g/mol. The zero-order valence-electron chi connectivity index (χ0n) is 9.83. The molecule has 0 bridgehead atoms. The van der Waals surface area contributed by atoms with Crippen LogP contribution in [-0.2, 0) is 27.8 Å². The van der Waals surface area contributed by atoms with Gasteiger partial charge in [-0.15, -0.1) is 11.3 Å². The molecule has 0 aromatic carbocycles. The number of hydrogen-bond acceptors (Lipinski definition) is 5. The summed E-state index contributed by atoms with van der Waals surface area (Å²) in [6, 6.07) is 4.99. The first-order valence-electron chi connectivity index (χ1n) is 5.34. The molecular formula is C11H12N2O3S3. The fourth-order valence-corrected chi connectivity index (χ4v) is 3.82. The molecule has 2 aromatic rings. The number of thiophene rings is 2. The van der Waals surface area contributed by atoms with Crippen molar-refractivity contribution < 1.29 is 13.2 Å². The van der Waals surface area contributed by atoms with E-state index < -0.39 is 10.0 Å². The van der Waals surface area contributed by atoms with Crippen LogP contribution < -0.4 is 10.5 Å². The van der Waals surface area contributed by atoms with E-state index >= 15 is 0 Å². The number of sulfonamides is 1. The molecule has 0 saturated carbocycles. The van der Waals surface area contributed by atoms with Crippen molar-refractivity contribution in [3.63, 3.8) is 0 Å². The van der Waals surface area contributed by atoms with Gasteiger partial charge in [0, 0.05) is 4.88 Å². The molecule has 0 aliphatic carbocycles. The molecule has 2 heterocycles. The van der Waals surface area contributed by atoms with Gasteiger partial charge in [-0.1, -0.05) is 0 Å². The van der Waals surface area contributed by atoms with Crippen molar-refractivity contribution in [3.8, 4) is 0 Å². The zero-order valence-corrected chi connectivity index (χ0v) is 12.3. The van der Waals surface area contributed by atoms with E-state index in [1.807, 2.05) is 16.8 Å². The lowest BCUT2D eigenvalue weighted by atomic mass is 10.2. The monoisotopic (exact) mass is 316 g/mol. The van der Waals surface area contributed by atoms with Crippen LogP contribution in [0.4, 0.5) is 0 Å². The summed E-state index contributed by atoms with van der Waals surface area (Å²) in [4.78, 5) is 12.4. The molecular weight excluding hydrogens is 304 g/mol. The lowest BCUT2D eigenvalue weighted by Gasteiger charge is -2.02. The molecule has 3 N–H and O–H groups in total. The smallest absolute Gasteiger partial charge is 0.247 e. The zero-order chi connectivity index (χ0) is 13.9. The maximum Gasteiger partial charge on any atom is 0.247 e. The molecule has 0 spiro atoms. The number of primary sulfonamides is 1. The summed E-state index contributed by atoms with van der Waals surface area (Å²) in [5.74, 6) is -0.0936. The first kappa shape index (κ1) is 14.2. The Labute approximate surface area is 119 Å². The van der Waals surface area contributed by atoms with Gasteiger partial charge in [-0.2, -0.15) is 11.3 Å². The lowest BCUT2D eigenvalue weighted by molar-refractivity contribution is -0.120. The van der Waals surface area contributed by atoms with Crippen molar-refractivity contribution in [2.45, 2.75) is 17.2 Å². The van der Waals surface area contributed by atoms with E-state index in [2.05, 4.69) is 5.32 Å². The average Bonchev–Trinajstić information content (AvgIpc) is 2.95. The quantitative estimate of drug-likeness (QED) is 0.871. The molecule has 0 radical (unpaired) electrons. The van der Waals surface area contributed by atoms with E-state index in [-0.39, 0.29) is 10.1 Å². The van der Waals surface area contributed by atoms with Crippen molar-refractivity contribution in [1.29, 1.82) is 0 Å². The van der Waals surface area contributed by atoms with Crippen LogP contribution in [0.25, 0.3) is 0 Å². The van der Waals surface area contributed by atoms with Crippen molar-refractivity contribution in [2.75, 3.05) is 0 Å². The Balaban J connectivity index is 1.89. The van der Waals surface area contributed by atoms with Crippen LogP contribution >= 0.6 is 22.7 Å². The Morgan fingerprint density at radius 1 is 1.32 bits per heavy atom. The fraction of sp³-hybridized carbons (Fsp3) is 0.182. The third-order valence-electron chi connectivity index (χ3n) is 2.32. The third kappa shape index (κ3) is 4.13. The largest absolute Gasteiger partial charge is 0.351 e. The number of amides is 1. The maximum absolute atomic E-state index is 11.6. The topological polar surface area (TPSA) is 89.3 Å². The molecule has 0 aliphatic heterocycles. The minimum atomic E-state index is -3.65. The van der Waals surface area contributed by atoms with Crippen LogP contribution in [0.5, 0.6) is 0 Å². The Morgan fingerprint density at radius 3 is 2.68 bits per heavy atom. The fourth-order valence-electron chi connectivity index (χ4n) is 1.43. The van der Waals surface area contributed by atoms with Gasteiger partial charge >= 0.3 is 0 Å². The number of carbonyl (C=O) groups is 1. The van der Waals surface area contributed by atoms with E-state index in [1.165, 1.54) is 6.07 Å². The van der Waals surface area contributed by atoms with Gasteiger partial charge in [0.1, 0.15) is 4.21 Å². The van der Waals surface area contributed by atoms with E-state index in [4.69, 9.17) is 5.14 Å². The van der Waals surface area contributed by atoms with E-state index in [0.29, 0.717) is 13.0 Å². The second-order valence-corrected chi connectivity index (χ2v) is 7.59. The number of carbonyl (C=O) groups excluding carboxylic acids is 1. The minimum absolute atomic E-state index is 0.0936. The molecule has 19 heavy (non-hydrogen) atoms. The van der Waals surface area contributed by atoms with Crippen LogP contribution in [-0.4, -0.2) is 14.3 Å². The van der Waals surface area contributed by atoms with Gasteiger partial charge in [0.25, 0.3) is 0 Å². The summed E-state index contributed by atoms with van der Waals surface area (Å²) in [5, 5.41) is 11.6. The Bertz CT molecular complexity index is 659. The predicted octanol–water partition coefficient (Wildman–Crippen LogP) is 1.32. The van der Waals surface area contributed by atoms with Gasteiger partial charge in [0.15, 0.2) is 0 Å². The molecule has 1 amide bonds. The number of rotatable bonds is 5. The molecule has 2 rings (SSSR count). The van der Waals surface area contributed by atoms with Crippen molar-refractivity contribution in [2.24, 2.45) is 5.14 Å². The van der Waals surface area contributed by atoms with Gasteiger partial charge < -0.3 is 5.32 Å². The molecule has 0 atom stereocenters. The van der Waals surface area contributed by atoms with E-state index in [1.54, 1.807) is 17.4 Å². The maximum atomic E-state index is 11.6. The van der Waals surface area contributed by atoms with Crippen LogP contribution in [0.1, 0.15) is 10.4 Å². The Kier molecular flexibility index (Phi) is 4.35. The van der Waals surface area contributed by atoms with Crippen molar-refractivity contribution in [1.82, 2.24) is 5.32 Å². The summed E-state index contributed by atoms with van der Waals surface area (Å²) in [5.41, 5.74) is 0.971. The van der Waals surface area contributed by atoms with Crippen molar-refractivity contribution >= 4 is 38.6 Å². The van der Waals surface area contributed by atoms with Crippen LogP contribution in [0, 0.1) is 0 Å². The number of nitrogens with one attached hydrogen (secondary N) is 1. The molecule has 8 heteroatoms. The van der Waals surface area contributed by atoms with Gasteiger partial charge in [-0.3, -0.25) is 4.79 Å². The van der Waals surface area contributed by atoms with Gasteiger partial charge in [-0.05, 0) is 34.5 Å². The number of hydrogen-bond donors (Lipinski definition) is 2. The third-order valence-corrected chi connectivity index (χ3v) is 5.58. The highest BCUT2D eigenvalue weighted by Gasteiger charge is 2.11. The standard InChI is InChI=1S/C11H12N2O3S3/c12-19(15,16)11-2-1-9(18-11)6-13-10(14)5-8-3-4-17-7-8/h1-4,7H,5-6H2,(H,13,14)(H2,12,15,16). The van der Waals surface area contributed by atoms with E-state index in [9.17, 15) is 13.2 Å². The Hall–Kier alpha value is -1.22. The second-order valence-electron chi connectivity index (χ2n) is 3.85. The summed E-state index contributed by atoms with van der Waals surface area (Å²) in [6.07, 6.45) is 0.330. The van der Waals surface area contributed by atoms with Crippen LogP contribution in [0.3, 0.4) is 0 Å². The highest BCUT2D eigenvalue weighted by atomic mass is 32.2. The molecule has 0 fully saturated rings. The summed E-state index contributed by atoms with van der Waals surface area (Å²) >= 11 is 2.61. The molecule has 0 unspecified atom stereocenters. The van der Waals surface area contributed by atoms with E-state index in [0.717, 1.165) is 21.8 Å². The molecule has 0 aliphatic rings. The first-order valence-corrected chi connectivity index (χ1v) is 8.65. The van der Waals surface area contributed by atoms with Crippen molar-refractivity contribution in [3.05, 3.63) is 39.4 Å². The molecule has 2 aromatic heterocycles. The summed E-state index contributed by atoms with van der Waals surface area (Å²) < 4.78 is 22.3. The molecule has 0 saturated heterocycles. The van der Waals surface area contributed by atoms with Gasteiger partial charge in [-0.25, -0.2) is 13.6 Å². The normalized spacial score (nSPS) is 11.4. The summed E-state index contributed by atoms with van der Waals surface area (Å²) in [6.45, 7) is 0.309. The Morgan fingerprint density at radius 2 is 2.11 bits per heavy atom. The van der Waals surface area contributed by atoms with Gasteiger partial charge in [0.05, 0.1) is 13.0 Å². The summed E-state index contributed by atoms with van der Waals surface area (Å²) in [7, 11) is -3.65. The number of nitrogens with two attached hydrogens (primary N) is 1. The molecule has 102 valence electrons.